The fourth-order valence-corrected chi connectivity index (χ4v) is 5.16. The lowest BCUT2D eigenvalue weighted by Gasteiger charge is -2.42. The van der Waals surface area contributed by atoms with Crippen LogP contribution in [0.15, 0.2) is 53.1 Å². The summed E-state index contributed by atoms with van der Waals surface area (Å²) >= 11 is 1.52. The zero-order chi connectivity index (χ0) is 21.3. The maximum atomic E-state index is 13.1. The summed E-state index contributed by atoms with van der Waals surface area (Å²) in [5, 5.41) is 10.7. The molecular weight excluding hydrogens is 398 g/mol. The molecule has 1 amide bonds. The van der Waals surface area contributed by atoms with Crippen molar-refractivity contribution in [3.05, 3.63) is 64.2 Å². The van der Waals surface area contributed by atoms with Crippen molar-refractivity contribution in [2.24, 2.45) is 0 Å². The van der Waals surface area contributed by atoms with Crippen molar-refractivity contribution in [2.75, 3.05) is 31.7 Å². The van der Waals surface area contributed by atoms with Crippen LogP contribution in [0.1, 0.15) is 23.5 Å². The van der Waals surface area contributed by atoms with Crippen LogP contribution in [0.2, 0.25) is 0 Å². The van der Waals surface area contributed by atoms with Crippen LogP contribution in [0.3, 0.4) is 0 Å². The standard InChI is InChI=1S/C23H23N3O3S/c1-15-6-4-5-7-17(15)18-11-22(27)26-13-25(14-30-23(26)19(18)12-24)20-9-8-16(28-2)10-21(20)29-3/h4-10,18H,11,13-14H2,1-3H3. The first-order valence-corrected chi connectivity index (χ1v) is 10.7. The normalized spacial score (nSPS) is 18.7. The van der Waals surface area contributed by atoms with E-state index in [1.807, 2.05) is 49.4 Å². The molecule has 2 heterocycles. The maximum Gasteiger partial charge on any atom is 0.229 e. The minimum absolute atomic E-state index is 0.0296. The van der Waals surface area contributed by atoms with Crippen LogP contribution in [0.25, 0.3) is 0 Å². The fourth-order valence-electron chi connectivity index (χ4n) is 4.00. The number of nitrogens with zero attached hydrogens (tertiary/aromatic N) is 3. The van der Waals surface area contributed by atoms with Crippen LogP contribution in [-0.2, 0) is 4.79 Å². The fraction of sp³-hybridized carbons (Fsp3) is 0.304. The number of hydrogen-bond donors (Lipinski definition) is 0. The molecule has 0 spiro atoms. The number of benzene rings is 2. The highest BCUT2D eigenvalue weighted by Gasteiger charge is 2.39. The Bertz CT molecular complexity index is 1060. The van der Waals surface area contributed by atoms with Gasteiger partial charge in [0.25, 0.3) is 0 Å². The van der Waals surface area contributed by atoms with Crippen molar-refractivity contribution in [3.63, 3.8) is 0 Å². The molecule has 4 rings (SSSR count). The molecule has 2 aliphatic heterocycles. The first-order valence-electron chi connectivity index (χ1n) is 9.67. The molecule has 1 saturated heterocycles. The Labute approximate surface area is 180 Å². The minimum atomic E-state index is -0.190. The van der Waals surface area contributed by atoms with Crippen LogP contribution in [0.5, 0.6) is 11.5 Å². The third-order valence-corrected chi connectivity index (χ3v) is 6.74. The molecule has 0 aromatic heterocycles. The number of anilines is 1. The lowest BCUT2D eigenvalue weighted by Crippen LogP contribution is -2.47. The second-order valence-corrected chi connectivity index (χ2v) is 8.19. The van der Waals surface area contributed by atoms with Gasteiger partial charge in [0.2, 0.25) is 5.91 Å². The van der Waals surface area contributed by atoms with Crippen molar-refractivity contribution < 1.29 is 14.3 Å². The Balaban J connectivity index is 1.68. The van der Waals surface area contributed by atoms with Gasteiger partial charge in [-0.1, -0.05) is 36.0 Å². The lowest BCUT2D eigenvalue weighted by atomic mass is 9.84. The summed E-state index contributed by atoms with van der Waals surface area (Å²) in [6.45, 7) is 2.41. The molecule has 2 aromatic carbocycles. The summed E-state index contributed by atoms with van der Waals surface area (Å²) in [6, 6.07) is 16.0. The summed E-state index contributed by atoms with van der Waals surface area (Å²) in [7, 11) is 3.23. The molecule has 1 fully saturated rings. The lowest BCUT2D eigenvalue weighted by molar-refractivity contribution is -0.129. The van der Waals surface area contributed by atoms with Crippen LogP contribution < -0.4 is 14.4 Å². The smallest absolute Gasteiger partial charge is 0.229 e. The molecule has 2 aromatic rings. The van der Waals surface area contributed by atoms with Crippen molar-refractivity contribution in [2.45, 2.75) is 19.3 Å². The Morgan fingerprint density at radius 1 is 1.17 bits per heavy atom. The Hall–Kier alpha value is -3.11. The SMILES string of the molecule is COc1ccc(N2CSC3=C(C#N)C(c4ccccc4C)CC(=O)N3C2)c(OC)c1. The molecule has 1 atom stereocenters. The Morgan fingerprint density at radius 2 is 1.97 bits per heavy atom. The van der Waals surface area contributed by atoms with Gasteiger partial charge in [-0.05, 0) is 30.2 Å². The molecule has 0 saturated carbocycles. The van der Waals surface area contributed by atoms with E-state index in [1.165, 1.54) is 11.8 Å². The molecule has 0 aliphatic carbocycles. The third kappa shape index (κ3) is 3.48. The molecule has 154 valence electrons. The van der Waals surface area contributed by atoms with Gasteiger partial charge in [-0.15, -0.1) is 0 Å². The van der Waals surface area contributed by atoms with Gasteiger partial charge in [-0.2, -0.15) is 5.26 Å². The zero-order valence-electron chi connectivity index (χ0n) is 17.2. The number of aryl methyl sites for hydroxylation is 1. The molecule has 0 bridgehead atoms. The quantitative estimate of drug-likeness (QED) is 0.736. The van der Waals surface area contributed by atoms with E-state index in [-0.39, 0.29) is 11.8 Å². The van der Waals surface area contributed by atoms with E-state index in [4.69, 9.17) is 9.47 Å². The van der Waals surface area contributed by atoms with Gasteiger partial charge in [0.15, 0.2) is 0 Å². The largest absolute Gasteiger partial charge is 0.497 e. The van der Waals surface area contributed by atoms with Gasteiger partial charge in [0, 0.05) is 18.4 Å². The highest BCUT2D eigenvalue weighted by molar-refractivity contribution is 8.03. The highest BCUT2D eigenvalue weighted by atomic mass is 32.2. The first-order chi connectivity index (χ1) is 14.6. The monoisotopic (exact) mass is 421 g/mol. The molecule has 2 aliphatic rings. The predicted molar refractivity (Wildman–Crippen MR) is 117 cm³/mol. The average Bonchev–Trinajstić information content (AvgIpc) is 2.78. The number of carbonyl (C=O) groups is 1. The minimum Gasteiger partial charge on any atom is -0.497 e. The summed E-state index contributed by atoms with van der Waals surface area (Å²) in [6.07, 6.45) is 0.297. The average molecular weight is 422 g/mol. The summed E-state index contributed by atoms with van der Waals surface area (Å²) in [5.41, 5.74) is 3.71. The van der Waals surface area contributed by atoms with E-state index >= 15 is 0 Å². The predicted octanol–water partition coefficient (Wildman–Crippen LogP) is 4.23. The van der Waals surface area contributed by atoms with Gasteiger partial charge < -0.3 is 14.4 Å². The third-order valence-electron chi connectivity index (χ3n) is 5.58. The van der Waals surface area contributed by atoms with Gasteiger partial charge >= 0.3 is 0 Å². The molecule has 0 radical (unpaired) electrons. The Kier molecular flexibility index (Phi) is 5.60. The topological polar surface area (TPSA) is 65.8 Å². The van der Waals surface area contributed by atoms with E-state index in [0.717, 1.165) is 21.8 Å². The summed E-state index contributed by atoms with van der Waals surface area (Å²) in [5.74, 6) is 1.85. The number of nitriles is 1. The van der Waals surface area contributed by atoms with Crippen LogP contribution in [0.4, 0.5) is 5.69 Å². The van der Waals surface area contributed by atoms with E-state index in [0.29, 0.717) is 36.0 Å². The second kappa shape index (κ2) is 8.33. The maximum absolute atomic E-state index is 13.1. The van der Waals surface area contributed by atoms with Crippen LogP contribution in [0, 0.1) is 18.3 Å². The second-order valence-electron chi connectivity index (χ2n) is 7.26. The Morgan fingerprint density at radius 3 is 2.67 bits per heavy atom. The number of fused-ring (bicyclic) bond motifs is 1. The molecule has 6 nitrogen and oxygen atoms in total. The number of allylic oxidation sites excluding steroid dienone is 1. The number of thioether (sulfide) groups is 1. The molecule has 1 unspecified atom stereocenters. The number of rotatable bonds is 4. The summed E-state index contributed by atoms with van der Waals surface area (Å²) in [4.78, 5) is 16.9. The van der Waals surface area contributed by atoms with Crippen LogP contribution >= 0.6 is 11.8 Å². The number of methoxy groups -OCH3 is 2. The summed E-state index contributed by atoms with van der Waals surface area (Å²) < 4.78 is 10.8. The van der Waals surface area contributed by atoms with Crippen molar-refractivity contribution >= 4 is 23.4 Å². The van der Waals surface area contributed by atoms with Crippen molar-refractivity contribution in [1.29, 1.82) is 5.26 Å². The first kappa shape index (κ1) is 20.2. The molecule has 0 N–H and O–H groups in total. The van der Waals surface area contributed by atoms with Crippen molar-refractivity contribution in [3.8, 4) is 17.6 Å². The van der Waals surface area contributed by atoms with Gasteiger partial charge in [0.05, 0.1) is 49.1 Å². The molecule has 7 heteroatoms. The van der Waals surface area contributed by atoms with E-state index in [9.17, 15) is 10.1 Å². The number of carbonyl (C=O) groups excluding carboxylic acids is 1. The number of ether oxygens (including phenoxy) is 2. The van der Waals surface area contributed by atoms with Gasteiger partial charge in [-0.25, -0.2) is 0 Å². The van der Waals surface area contributed by atoms with E-state index in [1.54, 1.807) is 19.1 Å². The number of hydrogen-bond acceptors (Lipinski definition) is 6. The van der Waals surface area contributed by atoms with Gasteiger partial charge in [-0.3, -0.25) is 9.69 Å². The highest BCUT2D eigenvalue weighted by Crippen LogP contribution is 2.45. The van der Waals surface area contributed by atoms with Gasteiger partial charge in [0.1, 0.15) is 11.5 Å². The zero-order valence-corrected chi connectivity index (χ0v) is 18.0. The van der Waals surface area contributed by atoms with Crippen molar-refractivity contribution in [1.82, 2.24) is 4.90 Å². The van der Waals surface area contributed by atoms with E-state index in [2.05, 4.69) is 11.0 Å². The van der Waals surface area contributed by atoms with Crippen LogP contribution in [-0.4, -0.2) is 37.6 Å². The van der Waals surface area contributed by atoms with E-state index < -0.39 is 0 Å². The molecule has 30 heavy (non-hydrogen) atoms. The number of amides is 1. The molecular formula is C23H23N3O3S.